The summed E-state index contributed by atoms with van der Waals surface area (Å²) in [6.07, 6.45) is 2.28. The molecule has 0 N–H and O–H groups in total. The molecule has 3 aromatic heterocycles. The van der Waals surface area contributed by atoms with Crippen molar-refractivity contribution in [2.24, 2.45) is 0 Å². The van der Waals surface area contributed by atoms with Crippen LogP contribution in [0.5, 0.6) is 0 Å². The van der Waals surface area contributed by atoms with Gasteiger partial charge in [0.1, 0.15) is 0 Å². The number of hydrogen-bond acceptors (Lipinski definition) is 3. The van der Waals surface area contributed by atoms with E-state index in [9.17, 15) is 0 Å². The summed E-state index contributed by atoms with van der Waals surface area (Å²) < 4.78 is 4.84. The summed E-state index contributed by atoms with van der Waals surface area (Å²) in [6.45, 7) is 9.67. The molecule has 58 heavy (non-hydrogen) atoms. The van der Waals surface area contributed by atoms with Gasteiger partial charge in [-0.15, -0.1) is 0 Å². The maximum atomic E-state index is 5.38. The highest BCUT2D eigenvalue weighted by Crippen LogP contribution is 2.50. The van der Waals surface area contributed by atoms with Crippen LogP contribution < -0.4 is 0 Å². The van der Waals surface area contributed by atoms with Gasteiger partial charge in [-0.1, -0.05) is 173 Å². The summed E-state index contributed by atoms with van der Waals surface area (Å²) in [5.74, 6) is 1.85. The number of aromatic nitrogens is 5. The highest BCUT2D eigenvalue weighted by molar-refractivity contribution is 6.23. The molecule has 1 aliphatic carbocycles. The molecule has 0 atom stereocenters. The Morgan fingerprint density at radius 3 is 1.52 bits per heavy atom. The number of fused-ring (bicyclic) bond motifs is 8. The Balaban J connectivity index is 1.25. The summed E-state index contributed by atoms with van der Waals surface area (Å²) in [7, 11) is 0. The second-order valence-electron chi connectivity index (χ2n) is 17.1. The van der Waals surface area contributed by atoms with Gasteiger partial charge in [-0.2, -0.15) is 9.97 Å². The van der Waals surface area contributed by atoms with E-state index >= 15 is 0 Å². The Bertz CT molecular complexity index is 3210. The van der Waals surface area contributed by atoms with Gasteiger partial charge in [0.25, 0.3) is 0 Å². The lowest BCUT2D eigenvalue weighted by atomic mass is 9.62. The zero-order valence-electron chi connectivity index (χ0n) is 33.2. The normalized spacial score (nSPS) is 14.7. The van der Waals surface area contributed by atoms with E-state index in [0.29, 0.717) is 17.6 Å². The molecule has 0 unspecified atom stereocenters. The summed E-state index contributed by atoms with van der Waals surface area (Å²) in [5.41, 5.74) is 12.8. The predicted octanol–water partition coefficient (Wildman–Crippen LogP) is 13.4. The van der Waals surface area contributed by atoms with E-state index < -0.39 is 0 Å². The Kier molecular flexibility index (Phi) is 7.61. The van der Waals surface area contributed by atoms with Crippen molar-refractivity contribution in [3.63, 3.8) is 0 Å². The molecular weight excluding hydrogens is 707 g/mol. The van der Waals surface area contributed by atoms with Crippen LogP contribution in [-0.4, -0.2) is 24.1 Å². The highest BCUT2D eigenvalue weighted by atomic mass is 15.2. The van der Waals surface area contributed by atoms with Crippen molar-refractivity contribution in [1.29, 1.82) is 0 Å². The van der Waals surface area contributed by atoms with Crippen molar-refractivity contribution in [2.75, 3.05) is 0 Å². The Hall–Kier alpha value is -6.85. The van der Waals surface area contributed by atoms with Crippen LogP contribution in [0.15, 0.2) is 164 Å². The second kappa shape index (κ2) is 12.8. The molecule has 10 aromatic rings. The van der Waals surface area contributed by atoms with Crippen LogP contribution >= 0.6 is 0 Å². The third-order valence-corrected chi connectivity index (χ3v) is 12.6. The third kappa shape index (κ3) is 5.26. The molecule has 0 fully saturated rings. The van der Waals surface area contributed by atoms with E-state index in [0.717, 1.165) is 56.9 Å². The van der Waals surface area contributed by atoms with Crippen LogP contribution in [0.4, 0.5) is 0 Å². The van der Waals surface area contributed by atoms with Crippen molar-refractivity contribution >= 4 is 43.6 Å². The van der Waals surface area contributed by atoms with Gasteiger partial charge in [-0.25, -0.2) is 4.98 Å². The fourth-order valence-corrected chi connectivity index (χ4v) is 9.60. The molecule has 0 spiro atoms. The Labute approximate surface area is 338 Å². The molecule has 5 heteroatoms. The Morgan fingerprint density at radius 2 is 0.879 bits per heavy atom. The van der Waals surface area contributed by atoms with Gasteiger partial charge >= 0.3 is 0 Å². The molecular formula is C53H43N5. The summed E-state index contributed by atoms with van der Waals surface area (Å²) in [4.78, 5) is 15.9. The van der Waals surface area contributed by atoms with Crippen molar-refractivity contribution < 1.29 is 0 Å². The smallest absolute Gasteiger partial charge is 0.238 e. The Morgan fingerprint density at radius 1 is 0.397 bits per heavy atom. The van der Waals surface area contributed by atoms with Crippen molar-refractivity contribution in [1.82, 2.24) is 24.1 Å². The summed E-state index contributed by atoms with van der Waals surface area (Å²) in [5, 5.41) is 4.74. The zero-order chi connectivity index (χ0) is 39.2. The standard InChI is InChI=1S/C53H43N5/c1-52(2)32-33-53(3,4)46-42(52)22-15-25-45(46)57-43-23-13-11-20-38(43)40-30-31-41-39-21-12-14-24-44(39)58(48(41)47(40)57)51-55-49(36-18-9-6-10-19-36)54-50(56-51)37-28-26-35(27-29-37)34-16-7-5-8-17-34/h5-31H,32-33H2,1-4H3. The minimum Gasteiger partial charge on any atom is -0.307 e. The van der Waals surface area contributed by atoms with Crippen LogP contribution in [0.2, 0.25) is 0 Å². The molecule has 7 aromatic carbocycles. The van der Waals surface area contributed by atoms with Crippen molar-refractivity contribution in [3.8, 4) is 45.5 Å². The first-order valence-electron chi connectivity index (χ1n) is 20.3. The predicted molar refractivity (Wildman–Crippen MR) is 240 cm³/mol. The molecule has 280 valence electrons. The number of hydrogen-bond donors (Lipinski definition) is 0. The molecule has 0 saturated carbocycles. The summed E-state index contributed by atoms with van der Waals surface area (Å²) in [6, 6.07) is 58.4. The molecule has 0 bridgehead atoms. The molecule has 0 saturated heterocycles. The minimum atomic E-state index is -0.0104. The molecule has 0 radical (unpaired) electrons. The van der Waals surface area contributed by atoms with Crippen LogP contribution in [0.3, 0.4) is 0 Å². The van der Waals surface area contributed by atoms with E-state index in [1.165, 1.54) is 38.7 Å². The molecule has 1 aliphatic rings. The highest BCUT2D eigenvalue weighted by Gasteiger charge is 2.39. The van der Waals surface area contributed by atoms with Crippen molar-refractivity contribution in [2.45, 2.75) is 51.4 Å². The molecule has 5 nitrogen and oxygen atoms in total. The monoisotopic (exact) mass is 749 g/mol. The number of benzene rings is 7. The average Bonchev–Trinajstić information content (AvgIpc) is 3.79. The van der Waals surface area contributed by atoms with E-state index in [1.54, 1.807) is 0 Å². The van der Waals surface area contributed by atoms with Crippen LogP contribution in [-0.2, 0) is 10.8 Å². The molecule has 3 heterocycles. The lowest BCUT2D eigenvalue weighted by Crippen LogP contribution is -2.35. The third-order valence-electron chi connectivity index (χ3n) is 12.6. The lowest BCUT2D eigenvalue weighted by molar-refractivity contribution is 0.331. The van der Waals surface area contributed by atoms with E-state index in [2.05, 4.69) is 176 Å². The number of nitrogens with zero attached hydrogens (tertiary/aromatic N) is 5. The first-order valence-corrected chi connectivity index (χ1v) is 20.3. The first kappa shape index (κ1) is 34.4. The van der Waals surface area contributed by atoms with Crippen LogP contribution in [0.1, 0.15) is 51.7 Å². The molecule has 0 amide bonds. The second-order valence-corrected chi connectivity index (χ2v) is 17.1. The molecule has 11 rings (SSSR count). The van der Waals surface area contributed by atoms with Gasteiger partial charge in [-0.3, -0.25) is 4.57 Å². The van der Waals surface area contributed by atoms with Gasteiger partial charge in [0.05, 0.1) is 27.8 Å². The molecule has 0 aliphatic heterocycles. The quantitative estimate of drug-likeness (QED) is 0.176. The van der Waals surface area contributed by atoms with Gasteiger partial charge < -0.3 is 4.57 Å². The van der Waals surface area contributed by atoms with Gasteiger partial charge in [0.15, 0.2) is 11.6 Å². The van der Waals surface area contributed by atoms with Gasteiger partial charge in [-0.05, 0) is 64.1 Å². The van der Waals surface area contributed by atoms with Gasteiger partial charge in [0.2, 0.25) is 5.95 Å². The van der Waals surface area contributed by atoms with E-state index in [4.69, 9.17) is 15.0 Å². The lowest BCUT2D eigenvalue weighted by Gasteiger charge is -2.43. The fourth-order valence-electron chi connectivity index (χ4n) is 9.60. The SMILES string of the molecule is CC1(C)CCC(C)(C)c2c(-n3c4ccccc4c4ccc5c6ccccc6n(-c6nc(-c7ccccc7)nc(-c7ccc(-c8ccccc8)cc7)n6)c5c43)cccc21. The number of rotatable bonds is 5. The van der Waals surface area contributed by atoms with Gasteiger partial charge in [0, 0.05) is 32.7 Å². The topological polar surface area (TPSA) is 48.5 Å². The van der Waals surface area contributed by atoms with Crippen molar-refractivity contribution in [3.05, 3.63) is 175 Å². The first-order chi connectivity index (χ1) is 28.3. The largest absolute Gasteiger partial charge is 0.307 e. The zero-order valence-corrected chi connectivity index (χ0v) is 33.2. The minimum absolute atomic E-state index is 0.0104. The summed E-state index contributed by atoms with van der Waals surface area (Å²) >= 11 is 0. The average molecular weight is 750 g/mol. The van der Waals surface area contributed by atoms with Crippen LogP contribution in [0, 0.1) is 0 Å². The maximum Gasteiger partial charge on any atom is 0.238 e. The van der Waals surface area contributed by atoms with E-state index in [1.807, 2.05) is 24.3 Å². The van der Waals surface area contributed by atoms with E-state index in [-0.39, 0.29) is 10.8 Å². The maximum absolute atomic E-state index is 5.38. The number of para-hydroxylation sites is 2. The fraction of sp³-hybridized carbons (Fsp3) is 0.151. The van der Waals surface area contributed by atoms with Crippen LogP contribution in [0.25, 0.3) is 89.2 Å².